The number of likely N-dealkylation sites (N-methyl/N-ethyl adjacent to an activating group) is 1. The molecule has 0 saturated carbocycles. The van der Waals surface area contributed by atoms with E-state index in [9.17, 15) is 8.78 Å². The quantitative estimate of drug-likeness (QED) is 0.772. The summed E-state index contributed by atoms with van der Waals surface area (Å²) >= 11 is 0. The van der Waals surface area contributed by atoms with Gasteiger partial charge in [-0.2, -0.15) is 0 Å². The lowest BCUT2D eigenvalue weighted by atomic mass is 10.0. The van der Waals surface area contributed by atoms with Crippen LogP contribution in [0.15, 0.2) is 29.8 Å². The number of hydrogen-bond acceptors (Lipinski definition) is 1. The van der Waals surface area contributed by atoms with E-state index >= 15 is 0 Å². The van der Waals surface area contributed by atoms with Gasteiger partial charge < -0.3 is 5.32 Å². The maximum Gasteiger partial charge on any atom is 0.163 e. The molecule has 0 bridgehead atoms. The molecule has 0 heterocycles. The Bertz CT molecular complexity index is 382. The highest BCUT2D eigenvalue weighted by Gasteiger charge is 2.14. The second-order valence-electron chi connectivity index (χ2n) is 3.92. The summed E-state index contributed by atoms with van der Waals surface area (Å²) in [4.78, 5) is 0. The molecule has 1 nitrogen and oxygen atoms in total. The molecular weight excluding hydrogens is 208 g/mol. The van der Waals surface area contributed by atoms with Crippen LogP contribution >= 0.6 is 0 Å². The van der Waals surface area contributed by atoms with Gasteiger partial charge in [0.2, 0.25) is 0 Å². The fourth-order valence-electron chi connectivity index (χ4n) is 1.57. The molecule has 0 aromatic heterocycles. The van der Waals surface area contributed by atoms with Crippen molar-refractivity contribution in [3.8, 4) is 0 Å². The van der Waals surface area contributed by atoms with Crippen LogP contribution in [0.3, 0.4) is 0 Å². The number of allylic oxidation sites excluding steroid dienone is 1. The third kappa shape index (κ3) is 3.14. The standard InChI is InChI=1S/C13H17F2N/c1-4-16-12(8-9(2)3)10-6-5-7-11(14)13(10)15/h5-8,12,16H,4H2,1-3H3. The van der Waals surface area contributed by atoms with Crippen molar-refractivity contribution in [2.75, 3.05) is 6.54 Å². The predicted molar refractivity (Wildman–Crippen MR) is 62.2 cm³/mol. The van der Waals surface area contributed by atoms with Crippen molar-refractivity contribution in [3.05, 3.63) is 47.0 Å². The second-order valence-corrected chi connectivity index (χ2v) is 3.92. The highest BCUT2D eigenvalue weighted by atomic mass is 19.2. The average Bonchev–Trinajstić information content (AvgIpc) is 2.21. The third-order valence-corrected chi connectivity index (χ3v) is 2.24. The van der Waals surface area contributed by atoms with Gasteiger partial charge in [-0.1, -0.05) is 30.7 Å². The Morgan fingerprint density at radius 2 is 2.06 bits per heavy atom. The van der Waals surface area contributed by atoms with Gasteiger partial charge in [0, 0.05) is 5.56 Å². The lowest BCUT2D eigenvalue weighted by molar-refractivity contribution is 0.485. The Hall–Kier alpha value is -1.22. The van der Waals surface area contributed by atoms with E-state index in [1.54, 1.807) is 6.07 Å². The number of halogens is 2. The molecule has 0 aliphatic carbocycles. The van der Waals surface area contributed by atoms with Crippen molar-refractivity contribution >= 4 is 0 Å². The van der Waals surface area contributed by atoms with Crippen molar-refractivity contribution < 1.29 is 8.78 Å². The number of rotatable bonds is 4. The Kier molecular flexibility index (Phi) is 4.62. The summed E-state index contributed by atoms with van der Waals surface area (Å²) in [6.45, 7) is 6.50. The molecule has 1 aromatic rings. The molecule has 1 unspecified atom stereocenters. The molecule has 0 fully saturated rings. The molecule has 0 saturated heterocycles. The van der Waals surface area contributed by atoms with Gasteiger partial charge in [-0.25, -0.2) is 8.78 Å². The molecule has 3 heteroatoms. The van der Waals surface area contributed by atoms with Crippen LogP contribution in [0.1, 0.15) is 32.4 Å². The molecular formula is C13H17F2N. The van der Waals surface area contributed by atoms with Crippen LogP contribution in [0.25, 0.3) is 0 Å². The number of hydrogen-bond donors (Lipinski definition) is 1. The summed E-state index contributed by atoms with van der Waals surface area (Å²) < 4.78 is 26.7. The van der Waals surface area contributed by atoms with Crippen molar-refractivity contribution in [2.24, 2.45) is 0 Å². The van der Waals surface area contributed by atoms with Crippen LogP contribution < -0.4 is 5.32 Å². The molecule has 0 aliphatic heterocycles. The summed E-state index contributed by atoms with van der Waals surface area (Å²) in [5, 5.41) is 3.12. The van der Waals surface area contributed by atoms with Crippen molar-refractivity contribution in [1.82, 2.24) is 5.32 Å². The number of benzene rings is 1. The molecule has 1 N–H and O–H groups in total. The van der Waals surface area contributed by atoms with E-state index in [0.29, 0.717) is 12.1 Å². The van der Waals surface area contributed by atoms with Crippen LogP contribution in [-0.4, -0.2) is 6.54 Å². The molecule has 0 aliphatic rings. The zero-order valence-electron chi connectivity index (χ0n) is 9.85. The Labute approximate surface area is 95.2 Å². The van der Waals surface area contributed by atoms with E-state index < -0.39 is 11.6 Å². The van der Waals surface area contributed by atoms with E-state index in [1.165, 1.54) is 6.07 Å². The van der Waals surface area contributed by atoms with Gasteiger partial charge in [0.05, 0.1) is 6.04 Å². The second kappa shape index (κ2) is 5.75. The fourth-order valence-corrected chi connectivity index (χ4v) is 1.57. The van der Waals surface area contributed by atoms with Crippen LogP contribution in [-0.2, 0) is 0 Å². The summed E-state index contributed by atoms with van der Waals surface area (Å²) in [6.07, 6.45) is 1.89. The normalized spacial score (nSPS) is 12.3. The average molecular weight is 225 g/mol. The molecule has 88 valence electrons. The van der Waals surface area contributed by atoms with Gasteiger partial charge in [-0.3, -0.25) is 0 Å². The third-order valence-electron chi connectivity index (χ3n) is 2.24. The van der Waals surface area contributed by atoms with E-state index in [0.717, 1.165) is 11.6 Å². The smallest absolute Gasteiger partial charge is 0.163 e. The van der Waals surface area contributed by atoms with E-state index in [-0.39, 0.29) is 6.04 Å². The SMILES string of the molecule is CCNC(C=C(C)C)c1cccc(F)c1F. The Morgan fingerprint density at radius 1 is 1.38 bits per heavy atom. The molecule has 1 rings (SSSR count). The first-order valence-electron chi connectivity index (χ1n) is 5.38. The zero-order chi connectivity index (χ0) is 12.1. The first-order valence-corrected chi connectivity index (χ1v) is 5.38. The van der Waals surface area contributed by atoms with Crippen LogP contribution in [0.2, 0.25) is 0 Å². The lowest BCUT2D eigenvalue weighted by Crippen LogP contribution is -2.20. The van der Waals surface area contributed by atoms with Gasteiger partial charge in [-0.05, 0) is 26.5 Å². The highest BCUT2D eigenvalue weighted by Crippen LogP contribution is 2.21. The summed E-state index contributed by atoms with van der Waals surface area (Å²) in [7, 11) is 0. The minimum atomic E-state index is -0.803. The van der Waals surface area contributed by atoms with Gasteiger partial charge in [0.15, 0.2) is 11.6 Å². The summed E-state index contributed by atoms with van der Waals surface area (Å²) in [5.74, 6) is -1.58. The zero-order valence-corrected chi connectivity index (χ0v) is 9.85. The van der Waals surface area contributed by atoms with Crippen LogP contribution in [0, 0.1) is 11.6 Å². The molecule has 0 amide bonds. The fraction of sp³-hybridized carbons (Fsp3) is 0.385. The molecule has 1 atom stereocenters. The van der Waals surface area contributed by atoms with Crippen molar-refractivity contribution in [2.45, 2.75) is 26.8 Å². The predicted octanol–water partition coefficient (Wildman–Crippen LogP) is 3.58. The van der Waals surface area contributed by atoms with E-state index in [2.05, 4.69) is 5.32 Å². The van der Waals surface area contributed by atoms with Gasteiger partial charge in [0.1, 0.15) is 0 Å². The minimum absolute atomic E-state index is 0.273. The van der Waals surface area contributed by atoms with Crippen LogP contribution in [0.5, 0.6) is 0 Å². The monoisotopic (exact) mass is 225 g/mol. The van der Waals surface area contributed by atoms with Crippen molar-refractivity contribution in [3.63, 3.8) is 0 Å². The highest BCUT2D eigenvalue weighted by molar-refractivity contribution is 5.26. The van der Waals surface area contributed by atoms with Gasteiger partial charge >= 0.3 is 0 Å². The van der Waals surface area contributed by atoms with Gasteiger partial charge in [-0.15, -0.1) is 0 Å². The van der Waals surface area contributed by atoms with E-state index in [1.807, 2.05) is 26.8 Å². The maximum absolute atomic E-state index is 13.6. The molecule has 16 heavy (non-hydrogen) atoms. The summed E-state index contributed by atoms with van der Waals surface area (Å²) in [6, 6.07) is 3.98. The molecule has 0 radical (unpaired) electrons. The maximum atomic E-state index is 13.6. The first kappa shape index (κ1) is 12.8. The molecule has 0 spiro atoms. The van der Waals surface area contributed by atoms with Crippen LogP contribution in [0.4, 0.5) is 8.78 Å². The Balaban J connectivity index is 3.10. The van der Waals surface area contributed by atoms with E-state index in [4.69, 9.17) is 0 Å². The van der Waals surface area contributed by atoms with Gasteiger partial charge in [0.25, 0.3) is 0 Å². The Morgan fingerprint density at radius 3 is 2.62 bits per heavy atom. The molecule has 1 aromatic carbocycles. The lowest BCUT2D eigenvalue weighted by Gasteiger charge is -2.16. The topological polar surface area (TPSA) is 12.0 Å². The van der Waals surface area contributed by atoms with Crippen molar-refractivity contribution in [1.29, 1.82) is 0 Å². The minimum Gasteiger partial charge on any atom is -0.307 e. The first-order chi connectivity index (χ1) is 7.56. The largest absolute Gasteiger partial charge is 0.307 e. The number of nitrogens with one attached hydrogen (secondary N) is 1. The summed E-state index contributed by atoms with van der Waals surface area (Å²) in [5.41, 5.74) is 1.41.